The Morgan fingerprint density at radius 1 is 1.00 bits per heavy atom. The number of nitrogens with one attached hydrogen (secondary N) is 1. The minimum atomic E-state index is 1.01. The summed E-state index contributed by atoms with van der Waals surface area (Å²) in [5.74, 6) is 0. The molecular formula is C11H23N. The molecular weight excluding hydrogens is 146 g/mol. The van der Waals surface area contributed by atoms with Crippen molar-refractivity contribution >= 4 is 0 Å². The van der Waals surface area contributed by atoms with Crippen LogP contribution < -0.4 is 5.32 Å². The van der Waals surface area contributed by atoms with E-state index >= 15 is 0 Å². The van der Waals surface area contributed by atoms with Crippen LogP contribution in [0.15, 0.2) is 12.2 Å². The van der Waals surface area contributed by atoms with Gasteiger partial charge < -0.3 is 5.32 Å². The van der Waals surface area contributed by atoms with E-state index in [-0.39, 0.29) is 0 Å². The lowest BCUT2D eigenvalue weighted by atomic mass is 10.1. The first-order chi connectivity index (χ1) is 5.91. The Bertz CT molecular complexity index is 97.2. The van der Waals surface area contributed by atoms with Crippen molar-refractivity contribution in [3.8, 4) is 0 Å². The highest BCUT2D eigenvalue weighted by molar-refractivity contribution is 4.82. The van der Waals surface area contributed by atoms with E-state index in [0.29, 0.717) is 0 Å². The normalized spacial score (nSPS) is 11.2. The molecule has 0 aliphatic carbocycles. The zero-order valence-electron chi connectivity index (χ0n) is 8.60. The predicted octanol–water partition coefficient (Wildman–Crippen LogP) is 3.12. The van der Waals surface area contributed by atoms with Gasteiger partial charge in [-0.05, 0) is 19.9 Å². The maximum Gasteiger partial charge on any atom is 0.0131 e. The van der Waals surface area contributed by atoms with Crippen molar-refractivity contribution < 1.29 is 0 Å². The van der Waals surface area contributed by atoms with Gasteiger partial charge in [0.05, 0.1) is 0 Å². The predicted molar refractivity (Wildman–Crippen MR) is 56.4 cm³/mol. The van der Waals surface area contributed by atoms with E-state index in [9.17, 15) is 0 Å². The van der Waals surface area contributed by atoms with E-state index in [1.165, 1.54) is 38.5 Å². The van der Waals surface area contributed by atoms with E-state index in [1.54, 1.807) is 0 Å². The number of likely N-dealkylation sites (N-methyl/N-ethyl adjacent to an activating group) is 1. The number of rotatable bonds is 8. The summed E-state index contributed by atoms with van der Waals surface area (Å²) in [4.78, 5) is 0. The van der Waals surface area contributed by atoms with Crippen molar-refractivity contribution in [3.05, 3.63) is 12.2 Å². The lowest BCUT2D eigenvalue weighted by Gasteiger charge is -1.95. The van der Waals surface area contributed by atoms with Crippen LogP contribution in [0.2, 0.25) is 0 Å². The van der Waals surface area contributed by atoms with E-state index < -0.39 is 0 Å². The minimum Gasteiger partial charge on any atom is -0.316 e. The fourth-order valence-corrected chi connectivity index (χ4v) is 1.18. The molecule has 0 heterocycles. The van der Waals surface area contributed by atoms with Gasteiger partial charge in [-0.25, -0.2) is 0 Å². The lowest BCUT2D eigenvalue weighted by molar-refractivity contribution is 0.637. The Morgan fingerprint density at radius 2 is 1.75 bits per heavy atom. The Morgan fingerprint density at radius 3 is 2.42 bits per heavy atom. The second-order valence-electron chi connectivity index (χ2n) is 3.23. The molecule has 0 aliphatic rings. The molecule has 0 spiro atoms. The van der Waals surface area contributed by atoms with Gasteiger partial charge in [-0.15, -0.1) is 0 Å². The van der Waals surface area contributed by atoms with Crippen LogP contribution in [0.1, 0.15) is 45.4 Å². The van der Waals surface area contributed by atoms with Crippen molar-refractivity contribution in [2.24, 2.45) is 0 Å². The Kier molecular flexibility index (Phi) is 10.4. The summed E-state index contributed by atoms with van der Waals surface area (Å²) < 4.78 is 0. The maximum absolute atomic E-state index is 3.09. The third-order valence-corrected chi connectivity index (χ3v) is 1.96. The van der Waals surface area contributed by atoms with Gasteiger partial charge in [0.1, 0.15) is 0 Å². The summed E-state index contributed by atoms with van der Waals surface area (Å²) in [6, 6.07) is 0. The fraction of sp³-hybridized carbons (Fsp3) is 0.818. The number of hydrogen-bond donors (Lipinski definition) is 1. The van der Waals surface area contributed by atoms with Crippen molar-refractivity contribution in [3.63, 3.8) is 0 Å². The quantitative estimate of drug-likeness (QED) is 0.435. The number of unbranched alkanes of at least 4 members (excludes halogenated alkanes) is 5. The van der Waals surface area contributed by atoms with E-state index in [1.807, 2.05) is 7.05 Å². The standard InChI is InChI=1S/C11H23N/c1-3-4-5-6-7-8-9-10-11-12-2/h9-10,12H,3-8,11H2,1-2H3. The average molecular weight is 169 g/mol. The molecule has 0 unspecified atom stereocenters. The van der Waals surface area contributed by atoms with E-state index in [4.69, 9.17) is 0 Å². The monoisotopic (exact) mass is 169 g/mol. The molecule has 0 aromatic rings. The van der Waals surface area contributed by atoms with Crippen LogP contribution in [0.4, 0.5) is 0 Å². The number of hydrogen-bond acceptors (Lipinski definition) is 1. The summed E-state index contributed by atoms with van der Waals surface area (Å²) in [7, 11) is 1.98. The van der Waals surface area contributed by atoms with Gasteiger partial charge in [0.2, 0.25) is 0 Å². The molecule has 0 rings (SSSR count). The van der Waals surface area contributed by atoms with Gasteiger partial charge in [0, 0.05) is 6.54 Å². The van der Waals surface area contributed by atoms with Crippen molar-refractivity contribution in [2.45, 2.75) is 45.4 Å². The summed E-state index contributed by atoms with van der Waals surface area (Å²) in [6.07, 6.45) is 12.7. The second kappa shape index (κ2) is 10.7. The van der Waals surface area contributed by atoms with Crippen LogP contribution in [-0.2, 0) is 0 Å². The summed E-state index contributed by atoms with van der Waals surface area (Å²) in [6.45, 7) is 3.27. The molecule has 0 amide bonds. The van der Waals surface area contributed by atoms with Gasteiger partial charge in [-0.3, -0.25) is 0 Å². The maximum atomic E-state index is 3.09. The number of allylic oxidation sites excluding steroid dienone is 1. The first kappa shape index (κ1) is 11.7. The molecule has 12 heavy (non-hydrogen) atoms. The molecule has 0 saturated carbocycles. The highest BCUT2D eigenvalue weighted by Crippen LogP contribution is 2.04. The van der Waals surface area contributed by atoms with E-state index in [0.717, 1.165) is 6.54 Å². The zero-order valence-corrected chi connectivity index (χ0v) is 8.60. The zero-order chi connectivity index (χ0) is 9.07. The fourth-order valence-electron chi connectivity index (χ4n) is 1.18. The smallest absolute Gasteiger partial charge is 0.0131 e. The van der Waals surface area contributed by atoms with Gasteiger partial charge >= 0.3 is 0 Å². The van der Waals surface area contributed by atoms with Crippen LogP contribution in [0.3, 0.4) is 0 Å². The molecule has 0 atom stereocenters. The van der Waals surface area contributed by atoms with Gasteiger partial charge in [-0.2, -0.15) is 0 Å². The molecule has 72 valence electrons. The topological polar surface area (TPSA) is 12.0 Å². The molecule has 0 aliphatic heterocycles. The molecule has 0 fully saturated rings. The van der Waals surface area contributed by atoms with Crippen molar-refractivity contribution in [1.82, 2.24) is 5.32 Å². The highest BCUT2D eigenvalue weighted by Gasteiger charge is 1.85. The van der Waals surface area contributed by atoms with E-state index in [2.05, 4.69) is 24.4 Å². The minimum absolute atomic E-state index is 1.01. The third-order valence-electron chi connectivity index (χ3n) is 1.96. The van der Waals surface area contributed by atoms with Crippen LogP contribution in [0.25, 0.3) is 0 Å². The Hall–Kier alpha value is -0.300. The van der Waals surface area contributed by atoms with Crippen molar-refractivity contribution in [2.75, 3.05) is 13.6 Å². The molecule has 0 bridgehead atoms. The van der Waals surface area contributed by atoms with Gasteiger partial charge in [0.25, 0.3) is 0 Å². The second-order valence-corrected chi connectivity index (χ2v) is 3.23. The lowest BCUT2D eigenvalue weighted by Crippen LogP contribution is -2.03. The molecule has 1 heteroatoms. The molecule has 1 nitrogen and oxygen atoms in total. The highest BCUT2D eigenvalue weighted by atomic mass is 14.8. The first-order valence-electron chi connectivity index (χ1n) is 5.21. The van der Waals surface area contributed by atoms with Gasteiger partial charge in [0.15, 0.2) is 0 Å². The average Bonchev–Trinajstić information content (AvgIpc) is 2.10. The summed E-state index contributed by atoms with van der Waals surface area (Å²) >= 11 is 0. The SMILES string of the molecule is CCCCCCCC=CCNC. The van der Waals surface area contributed by atoms with Crippen LogP contribution >= 0.6 is 0 Å². The first-order valence-corrected chi connectivity index (χ1v) is 5.21. The molecule has 0 aromatic heterocycles. The molecule has 1 N–H and O–H groups in total. The largest absolute Gasteiger partial charge is 0.316 e. The van der Waals surface area contributed by atoms with Gasteiger partial charge in [-0.1, -0.05) is 44.8 Å². The van der Waals surface area contributed by atoms with Crippen LogP contribution in [0.5, 0.6) is 0 Å². The summed E-state index contributed by atoms with van der Waals surface area (Å²) in [5.41, 5.74) is 0. The van der Waals surface area contributed by atoms with Crippen LogP contribution in [-0.4, -0.2) is 13.6 Å². The third kappa shape index (κ3) is 9.70. The Balaban J connectivity index is 2.90. The van der Waals surface area contributed by atoms with Crippen molar-refractivity contribution in [1.29, 1.82) is 0 Å². The molecule has 0 aromatic carbocycles. The Labute approximate surface area is 77.2 Å². The van der Waals surface area contributed by atoms with Crippen LogP contribution in [0, 0.1) is 0 Å². The summed E-state index contributed by atoms with van der Waals surface area (Å²) in [5, 5.41) is 3.09. The molecule has 0 saturated heterocycles. The molecule has 0 radical (unpaired) electrons.